The molecule has 0 aromatic rings. The largest absolute Gasteiger partial charge is 0.421 e. The zero-order valence-electron chi connectivity index (χ0n) is 11.4. The van der Waals surface area contributed by atoms with Crippen LogP contribution < -0.4 is 0 Å². The van der Waals surface area contributed by atoms with Gasteiger partial charge in [0.05, 0.1) is 13.0 Å². The Balaban J connectivity index is 2.65. The van der Waals surface area contributed by atoms with Crippen LogP contribution in [0.4, 0.5) is 0 Å². The number of carbonyl (C=O) groups excluding carboxylic acids is 3. The minimum absolute atomic E-state index is 0.807. The van der Waals surface area contributed by atoms with Crippen molar-refractivity contribution in [1.29, 1.82) is 0 Å². The van der Waals surface area contributed by atoms with Crippen LogP contribution in [0.5, 0.6) is 0 Å². The van der Waals surface area contributed by atoms with E-state index in [0.717, 1.165) is 6.92 Å². The third-order valence-electron chi connectivity index (χ3n) is 2.96. The number of rotatable bonds is 4. The zero-order chi connectivity index (χ0) is 17.1. The van der Waals surface area contributed by atoms with Crippen molar-refractivity contribution in [3.63, 3.8) is 0 Å². The van der Waals surface area contributed by atoms with E-state index in [1.807, 2.05) is 0 Å². The summed E-state index contributed by atoms with van der Waals surface area (Å²) in [4.78, 5) is 40.6. The highest BCUT2D eigenvalue weighted by Crippen LogP contribution is 2.29. The quantitative estimate of drug-likeness (QED) is 0.194. The van der Waals surface area contributed by atoms with Gasteiger partial charge in [-0.05, 0) is 0 Å². The van der Waals surface area contributed by atoms with Crippen LogP contribution in [0, 0.1) is 0 Å². The Kier molecular flexibility index (Phi) is 5.93. The van der Waals surface area contributed by atoms with Crippen LogP contribution in [0.2, 0.25) is 0 Å². The molecule has 0 spiro atoms. The molecule has 0 amide bonds. The van der Waals surface area contributed by atoms with E-state index < -0.39 is 61.0 Å². The van der Waals surface area contributed by atoms with Gasteiger partial charge in [0.25, 0.3) is 0 Å². The Morgan fingerprint density at radius 2 is 1.73 bits per heavy atom. The SMILES string of the molecule is CC(=O)C(=O)OOC(=O)CC1O[C@@](O)(CO)[C@@H](O)[C@H](O)[C@@H]1O. The molecule has 11 heteroatoms. The second kappa shape index (κ2) is 7.09. The first-order valence-corrected chi connectivity index (χ1v) is 6.10. The van der Waals surface area contributed by atoms with E-state index in [4.69, 9.17) is 9.84 Å². The maximum absolute atomic E-state index is 11.4. The lowest BCUT2D eigenvalue weighted by atomic mass is 9.91. The molecule has 0 aromatic heterocycles. The maximum atomic E-state index is 11.4. The first kappa shape index (κ1) is 18.4. The van der Waals surface area contributed by atoms with E-state index >= 15 is 0 Å². The van der Waals surface area contributed by atoms with E-state index in [2.05, 4.69) is 9.78 Å². The van der Waals surface area contributed by atoms with Crippen molar-refractivity contribution in [2.75, 3.05) is 6.61 Å². The average molecular weight is 324 g/mol. The van der Waals surface area contributed by atoms with Crippen LogP contribution >= 0.6 is 0 Å². The van der Waals surface area contributed by atoms with Crippen molar-refractivity contribution in [3.05, 3.63) is 0 Å². The minimum atomic E-state index is -2.60. The summed E-state index contributed by atoms with van der Waals surface area (Å²) in [5.74, 6) is -6.31. The highest BCUT2D eigenvalue weighted by Gasteiger charge is 2.53. The molecule has 0 bridgehead atoms. The minimum Gasteiger partial charge on any atom is -0.391 e. The van der Waals surface area contributed by atoms with Gasteiger partial charge in [0, 0.05) is 6.92 Å². The molecule has 126 valence electrons. The van der Waals surface area contributed by atoms with E-state index in [1.165, 1.54) is 0 Å². The lowest BCUT2D eigenvalue weighted by Gasteiger charge is -2.44. The molecule has 0 saturated carbocycles. The van der Waals surface area contributed by atoms with Crippen molar-refractivity contribution < 1.29 is 54.4 Å². The molecule has 5 N–H and O–H groups in total. The standard InChI is InChI=1S/C11H16O11/c1-4(13)10(18)22-21-6(14)2-5-7(15)8(16)9(17)11(19,3-12)20-5/h5,7-9,12,15-17,19H,2-3H2,1H3/t5?,7-,8-,9+,11+/m1/s1. The van der Waals surface area contributed by atoms with Crippen LogP contribution in [0.3, 0.4) is 0 Å². The van der Waals surface area contributed by atoms with Crippen molar-refractivity contribution in [3.8, 4) is 0 Å². The van der Waals surface area contributed by atoms with Crippen LogP contribution in [0.15, 0.2) is 0 Å². The Labute approximate surface area is 123 Å². The zero-order valence-corrected chi connectivity index (χ0v) is 11.4. The Morgan fingerprint density at radius 3 is 2.23 bits per heavy atom. The van der Waals surface area contributed by atoms with Crippen LogP contribution in [0.25, 0.3) is 0 Å². The number of hydrogen-bond acceptors (Lipinski definition) is 11. The summed E-state index contributed by atoms with van der Waals surface area (Å²) in [5, 5.41) is 47.4. The van der Waals surface area contributed by atoms with Gasteiger partial charge < -0.3 is 30.3 Å². The molecule has 1 rings (SSSR count). The number of aliphatic hydroxyl groups excluding tert-OH is 4. The van der Waals surface area contributed by atoms with Gasteiger partial charge in [-0.3, -0.25) is 4.79 Å². The molecule has 0 radical (unpaired) electrons. The first-order valence-electron chi connectivity index (χ1n) is 6.10. The molecular weight excluding hydrogens is 308 g/mol. The summed E-state index contributed by atoms with van der Waals surface area (Å²) < 4.78 is 4.78. The molecule has 0 aliphatic carbocycles. The fourth-order valence-electron chi connectivity index (χ4n) is 1.71. The van der Waals surface area contributed by atoms with Gasteiger partial charge in [0.2, 0.25) is 11.6 Å². The summed E-state index contributed by atoms with van der Waals surface area (Å²) in [6.07, 6.45) is -8.10. The van der Waals surface area contributed by atoms with Crippen molar-refractivity contribution in [2.24, 2.45) is 0 Å². The predicted octanol–water partition coefficient (Wildman–Crippen LogP) is -3.87. The van der Waals surface area contributed by atoms with Gasteiger partial charge >= 0.3 is 11.9 Å². The topological polar surface area (TPSA) is 180 Å². The lowest BCUT2D eigenvalue weighted by molar-refractivity contribution is -0.355. The van der Waals surface area contributed by atoms with Crippen LogP contribution in [-0.4, -0.2) is 80.1 Å². The number of ketones is 1. The number of hydrogen-bond donors (Lipinski definition) is 5. The molecule has 1 heterocycles. The van der Waals surface area contributed by atoms with Crippen LogP contribution in [-0.2, 0) is 28.9 Å². The highest BCUT2D eigenvalue weighted by molar-refractivity contribution is 6.32. The molecule has 5 atom stereocenters. The number of ether oxygens (including phenoxy) is 1. The molecule has 1 fully saturated rings. The summed E-state index contributed by atoms with van der Waals surface area (Å²) in [6, 6.07) is 0. The average Bonchev–Trinajstić information content (AvgIpc) is 2.47. The third kappa shape index (κ3) is 3.97. The van der Waals surface area contributed by atoms with Gasteiger partial charge in [-0.15, -0.1) is 0 Å². The summed E-state index contributed by atoms with van der Waals surface area (Å²) in [6.45, 7) is -0.244. The molecule has 1 aliphatic heterocycles. The smallest absolute Gasteiger partial charge is 0.391 e. The van der Waals surface area contributed by atoms with Gasteiger partial charge in [0.1, 0.15) is 24.4 Å². The number of carbonyl (C=O) groups is 3. The fraction of sp³-hybridized carbons (Fsp3) is 0.727. The summed E-state index contributed by atoms with van der Waals surface area (Å²) in [5.41, 5.74) is 0. The van der Waals surface area contributed by atoms with E-state index in [0.29, 0.717) is 0 Å². The van der Waals surface area contributed by atoms with E-state index in [-0.39, 0.29) is 0 Å². The summed E-state index contributed by atoms with van der Waals surface area (Å²) >= 11 is 0. The second-order valence-electron chi connectivity index (χ2n) is 4.67. The van der Waals surface area contributed by atoms with Gasteiger partial charge in [0.15, 0.2) is 0 Å². The molecular formula is C11H16O11. The van der Waals surface area contributed by atoms with Gasteiger partial charge in [-0.2, -0.15) is 0 Å². The molecule has 11 nitrogen and oxygen atoms in total. The van der Waals surface area contributed by atoms with Crippen molar-refractivity contribution in [1.82, 2.24) is 0 Å². The molecule has 1 saturated heterocycles. The molecule has 1 aliphatic rings. The maximum Gasteiger partial charge on any atom is 0.421 e. The lowest BCUT2D eigenvalue weighted by Crippen LogP contribution is -2.66. The Bertz CT molecular complexity index is 449. The summed E-state index contributed by atoms with van der Waals surface area (Å²) in [7, 11) is 0. The highest BCUT2D eigenvalue weighted by atomic mass is 17.2. The van der Waals surface area contributed by atoms with Crippen molar-refractivity contribution >= 4 is 17.7 Å². The normalized spacial score (nSPS) is 34.8. The molecule has 1 unspecified atom stereocenters. The van der Waals surface area contributed by atoms with Gasteiger partial charge in [-0.1, -0.05) is 0 Å². The number of aliphatic hydroxyl groups is 5. The number of Topliss-reactive ketones (excluding diaryl/α,β-unsaturated/α-hetero) is 1. The second-order valence-corrected chi connectivity index (χ2v) is 4.67. The first-order chi connectivity index (χ1) is 10.1. The Hall–Kier alpha value is -1.63. The fourth-order valence-corrected chi connectivity index (χ4v) is 1.71. The van der Waals surface area contributed by atoms with E-state index in [1.54, 1.807) is 0 Å². The third-order valence-corrected chi connectivity index (χ3v) is 2.96. The Morgan fingerprint density at radius 1 is 1.14 bits per heavy atom. The predicted molar refractivity (Wildman–Crippen MR) is 62.4 cm³/mol. The van der Waals surface area contributed by atoms with Crippen LogP contribution in [0.1, 0.15) is 13.3 Å². The molecule has 0 aromatic carbocycles. The van der Waals surface area contributed by atoms with E-state index in [9.17, 15) is 34.8 Å². The monoisotopic (exact) mass is 324 g/mol. The van der Waals surface area contributed by atoms with Crippen molar-refractivity contribution in [2.45, 2.75) is 43.5 Å². The van der Waals surface area contributed by atoms with Gasteiger partial charge in [-0.25, -0.2) is 19.4 Å². The molecule has 22 heavy (non-hydrogen) atoms.